The van der Waals surface area contributed by atoms with Gasteiger partial charge >= 0.3 is 0 Å². The highest BCUT2D eigenvalue weighted by Crippen LogP contribution is 2.20. The molecule has 1 aliphatic heterocycles. The maximum absolute atomic E-state index is 13.8. The minimum Gasteiger partial charge on any atom is -0.497 e. The molecule has 1 aliphatic rings. The van der Waals surface area contributed by atoms with Crippen LogP contribution in [0.25, 0.3) is 0 Å². The Kier molecular flexibility index (Phi) is 9.71. The van der Waals surface area contributed by atoms with Crippen LogP contribution in [-0.2, 0) is 22.6 Å². The van der Waals surface area contributed by atoms with Crippen LogP contribution in [0.2, 0.25) is 0 Å². The van der Waals surface area contributed by atoms with Crippen LogP contribution < -0.4 is 4.74 Å². The fourth-order valence-corrected chi connectivity index (χ4v) is 5.24. The predicted octanol–water partition coefficient (Wildman–Crippen LogP) is 4.07. The minimum atomic E-state index is -0.174. The maximum Gasteiger partial charge on any atom is 0.254 e. The highest BCUT2D eigenvalue weighted by molar-refractivity contribution is 7.11. The number of hydrogen-bond acceptors (Lipinski definition) is 6. The van der Waals surface area contributed by atoms with Gasteiger partial charge in [-0.25, -0.2) is 0 Å². The Bertz CT molecular complexity index is 1160. The molecule has 2 aromatic carbocycles. The zero-order valence-corrected chi connectivity index (χ0v) is 22.4. The summed E-state index contributed by atoms with van der Waals surface area (Å²) < 4.78 is 10.8. The molecule has 1 aromatic heterocycles. The van der Waals surface area contributed by atoms with E-state index in [1.807, 2.05) is 41.3 Å². The summed E-state index contributed by atoms with van der Waals surface area (Å²) in [6.07, 6.45) is 0. The molecule has 2 heterocycles. The van der Waals surface area contributed by atoms with Crippen LogP contribution in [0.5, 0.6) is 5.75 Å². The number of morpholine rings is 1. The molecular formula is C29H35N3O4S. The summed E-state index contributed by atoms with van der Waals surface area (Å²) in [7, 11) is 1.58. The highest BCUT2D eigenvalue weighted by Gasteiger charge is 2.24. The molecule has 4 rings (SSSR count). The molecule has 0 N–H and O–H groups in total. The van der Waals surface area contributed by atoms with Crippen LogP contribution in [-0.4, -0.2) is 79.6 Å². The van der Waals surface area contributed by atoms with Crippen LogP contribution in [0.1, 0.15) is 25.7 Å². The molecule has 0 unspecified atom stereocenters. The van der Waals surface area contributed by atoms with E-state index >= 15 is 0 Å². The molecule has 2 amide bonds. The maximum atomic E-state index is 13.8. The van der Waals surface area contributed by atoms with Gasteiger partial charge in [-0.05, 0) is 42.8 Å². The van der Waals surface area contributed by atoms with Crippen molar-refractivity contribution in [1.29, 1.82) is 0 Å². The lowest BCUT2D eigenvalue weighted by molar-refractivity contribution is -0.133. The Morgan fingerprint density at radius 1 is 0.973 bits per heavy atom. The Balaban J connectivity index is 1.53. The third kappa shape index (κ3) is 7.89. The van der Waals surface area contributed by atoms with Gasteiger partial charge in [-0.2, -0.15) is 0 Å². The van der Waals surface area contributed by atoms with Crippen molar-refractivity contribution in [2.75, 3.05) is 53.0 Å². The first-order valence-electron chi connectivity index (χ1n) is 12.6. The van der Waals surface area contributed by atoms with Gasteiger partial charge in [0.15, 0.2) is 0 Å². The second kappa shape index (κ2) is 13.4. The van der Waals surface area contributed by atoms with E-state index in [1.165, 1.54) is 4.88 Å². The molecule has 8 heteroatoms. The lowest BCUT2D eigenvalue weighted by Crippen LogP contribution is -2.47. The number of carbonyl (C=O) groups excluding carboxylic acids is 2. The lowest BCUT2D eigenvalue weighted by Gasteiger charge is -2.31. The van der Waals surface area contributed by atoms with Gasteiger partial charge in [-0.1, -0.05) is 36.4 Å². The molecule has 0 saturated carbocycles. The Labute approximate surface area is 223 Å². The number of benzene rings is 2. The van der Waals surface area contributed by atoms with E-state index in [-0.39, 0.29) is 18.4 Å². The topological polar surface area (TPSA) is 62.3 Å². The van der Waals surface area contributed by atoms with Gasteiger partial charge in [0.25, 0.3) is 5.91 Å². The monoisotopic (exact) mass is 521 g/mol. The van der Waals surface area contributed by atoms with E-state index in [0.717, 1.165) is 23.5 Å². The average molecular weight is 522 g/mol. The van der Waals surface area contributed by atoms with Crippen LogP contribution in [0.4, 0.5) is 0 Å². The average Bonchev–Trinajstić information content (AvgIpc) is 3.35. The van der Waals surface area contributed by atoms with Crippen molar-refractivity contribution in [2.45, 2.75) is 20.0 Å². The fourth-order valence-electron chi connectivity index (χ4n) is 4.34. The van der Waals surface area contributed by atoms with Gasteiger partial charge in [-0.3, -0.25) is 14.5 Å². The second-order valence-corrected chi connectivity index (χ2v) is 10.5. The van der Waals surface area contributed by atoms with Crippen LogP contribution in [0.3, 0.4) is 0 Å². The largest absolute Gasteiger partial charge is 0.497 e. The van der Waals surface area contributed by atoms with Gasteiger partial charge in [0, 0.05) is 48.0 Å². The van der Waals surface area contributed by atoms with Crippen molar-refractivity contribution in [3.05, 3.63) is 87.6 Å². The quantitative estimate of drug-likeness (QED) is 0.381. The van der Waals surface area contributed by atoms with Crippen molar-refractivity contribution in [1.82, 2.24) is 14.7 Å². The molecule has 37 heavy (non-hydrogen) atoms. The van der Waals surface area contributed by atoms with Crippen molar-refractivity contribution < 1.29 is 19.1 Å². The summed E-state index contributed by atoms with van der Waals surface area (Å²) in [6.45, 7) is 7.25. The number of thiophene rings is 1. The van der Waals surface area contributed by atoms with Gasteiger partial charge in [0.05, 0.1) is 26.9 Å². The van der Waals surface area contributed by atoms with Crippen LogP contribution in [0.15, 0.2) is 66.7 Å². The molecule has 0 radical (unpaired) electrons. The molecule has 3 aromatic rings. The van der Waals surface area contributed by atoms with E-state index in [1.54, 1.807) is 41.5 Å². The zero-order valence-electron chi connectivity index (χ0n) is 21.6. The van der Waals surface area contributed by atoms with Crippen molar-refractivity contribution in [3.63, 3.8) is 0 Å². The SMILES string of the molecule is COc1cccc(C(=O)N(CCN2CCOCC2)CC(=O)N(Cc2ccccc2)Cc2ccc(C)s2)c1. The number of amides is 2. The molecular weight excluding hydrogens is 486 g/mol. The summed E-state index contributed by atoms with van der Waals surface area (Å²) in [6, 6.07) is 21.2. The number of hydrogen-bond donors (Lipinski definition) is 0. The summed E-state index contributed by atoms with van der Waals surface area (Å²) in [5.41, 5.74) is 1.57. The molecule has 1 saturated heterocycles. The summed E-state index contributed by atoms with van der Waals surface area (Å²) in [5.74, 6) is 0.365. The molecule has 196 valence electrons. The number of nitrogens with zero attached hydrogens (tertiary/aromatic N) is 3. The Morgan fingerprint density at radius 3 is 2.46 bits per heavy atom. The smallest absolute Gasteiger partial charge is 0.254 e. The number of aryl methyl sites for hydroxylation is 1. The number of rotatable bonds is 11. The number of ether oxygens (including phenoxy) is 2. The first-order chi connectivity index (χ1) is 18.0. The summed E-state index contributed by atoms with van der Waals surface area (Å²) >= 11 is 1.69. The van der Waals surface area contributed by atoms with Crippen molar-refractivity contribution in [3.8, 4) is 5.75 Å². The minimum absolute atomic E-state index is 0.0115. The van der Waals surface area contributed by atoms with E-state index in [0.29, 0.717) is 50.7 Å². The predicted molar refractivity (Wildman–Crippen MR) is 146 cm³/mol. The number of carbonyl (C=O) groups is 2. The van der Waals surface area contributed by atoms with Gasteiger partial charge in [-0.15, -0.1) is 11.3 Å². The van der Waals surface area contributed by atoms with Crippen molar-refractivity contribution >= 4 is 23.2 Å². The standard InChI is InChI=1S/C29H35N3O4S/c1-23-11-12-27(37-23)21-32(20-24-7-4-3-5-8-24)28(33)22-31(14-13-30-15-17-36-18-16-30)29(34)25-9-6-10-26(19-25)35-2/h3-12,19H,13-18,20-22H2,1-2H3. The first-order valence-corrected chi connectivity index (χ1v) is 13.4. The van der Waals surface area contributed by atoms with Crippen LogP contribution in [0, 0.1) is 6.92 Å². The normalized spacial score (nSPS) is 13.8. The second-order valence-electron chi connectivity index (χ2n) is 9.16. The van der Waals surface area contributed by atoms with E-state index in [2.05, 4.69) is 24.0 Å². The van der Waals surface area contributed by atoms with E-state index in [4.69, 9.17) is 9.47 Å². The zero-order chi connectivity index (χ0) is 26.0. The van der Waals surface area contributed by atoms with Crippen LogP contribution >= 0.6 is 11.3 Å². The molecule has 1 fully saturated rings. The molecule has 0 aliphatic carbocycles. The third-order valence-corrected chi connectivity index (χ3v) is 7.42. The summed E-state index contributed by atoms with van der Waals surface area (Å²) in [5, 5.41) is 0. The molecule has 0 atom stereocenters. The van der Waals surface area contributed by atoms with E-state index in [9.17, 15) is 9.59 Å². The third-order valence-electron chi connectivity index (χ3n) is 6.43. The first kappa shape index (κ1) is 26.9. The number of methoxy groups -OCH3 is 1. The highest BCUT2D eigenvalue weighted by atomic mass is 32.1. The molecule has 0 bridgehead atoms. The molecule has 0 spiro atoms. The fraction of sp³-hybridized carbons (Fsp3) is 0.379. The van der Waals surface area contributed by atoms with E-state index < -0.39 is 0 Å². The Hall–Kier alpha value is -3.20. The van der Waals surface area contributed by atoms with Gasteiger partial charge in [0.2, 0.25) is 5.91 Å². The van der Waals surface area contributed by atoms with Crippen molar-refractivity contribution in [2.24, 2.45) is 0 Å². The van der Waals surface area contributed by atoms with Gasteiger partial charge in [0.1, 0.15) is 12.3 Å². The lowest BCUT2D eigenvalue weighted by atomic mass is 10.1. The Morgan fingerprint density at radius 2 is 1.76 bits per heavy atom. The summed E-state index contributed by atoms with van der Waals surface area (Å²) in [4.78, 5) is 35.5. The molecule has 7 nitrogen and oxygen atoms in total. The van der Waals surface area contributed by atoms with Gasteiger partial charge < -0.3 is 19.3 Å².